The van der Waals surface area contributed by atoms with E-state index in [2.05, 4.69) is 14.6 Å². The Kier molecular flexibility index (Phi) is 7.47. The quantitative estimate of drug-likeness (QED) is 0.218. The molecule has 0 spiro atoms. The minimum atomic E-state index is -2.97. The van der Waals surface area contributed by atoms with Crippen LogP contribution < -0.4 is 9.47 Å². The second kappa shape index (κ2) is 10.5. The third-order valence-electron chi connectivity index (χ3n) is 4.94. The van der Waals surface area contributed by atoms with Crippen LogP contribution >= 0.6 is 23.2 Å². The Morgan fingerprint density at radius 1 is 0.771 bits per heavy atom. The maximum atomic E-state index is 13.5. The first-order valence-corrected chi connectivity index (χ1v) is 10.8. The summed E-state index contributed by atoms with van der Waals surface area (Å²) in [5.74, 6) is -0.575. The topological polar surface area (TPSA) is 36.3 Å². The van der Waals surface area contributed by atoms with Crippen molar-refractivity contribution in [3.8, 4) is 34.0 Å². The van der Waals surface area contributed by atoms with Crippen molar-refractivity contribution in [3.63, 3.8) is 0 Å². The molecule has 0 saturated heterocycles. The highest BCUT2D eigenvalue weighted by Crippen LogP contribution is 2.38. The standard InChI is InChI=1S/C24H15Cl2F5N2O2/c25-19-11-16(27)6-1-15(19)12-33-22(14-4-9-18(10-5-14)35-24(30)31)20(26)21(32-33)13-2-7-17(8-3-13)34-23(28)29/h1-11,23-24H,12H2. The minimum absolute atomic E-state index is 0.0350. The van der Waals surface area contributed by atoms with Gasteiger partial charge in [0, 0.05) is 16.1 Å². The third kappa shape index (κ3) is 5.86. The minimum Gasteiger partial charge on any atom is -0.435 e. The molecular formula is C24H15Cl2F5N2O2. The molecule has 0 atom stereocenters. The summed E-state index contributed by atoms with van der Waals surface area (Å²) in [5, 5.41) is 4.96. The maximum absolute atomic E-state index is 13.5. The molecule has 0 radical (unpaired) electrons. The van der Waals surface area contributed by atoms with E-state index in [0.29, 0.717) is 28.1 Å². The smallest absolute Gasteiger partial charge is 0.387 e. The fourth-order valence-corrected chi connectivity index (χ4v) is 3.99. The highest BCUT2D eigenvalue weighted by molar-refractivity contribution is 6.35. The zero-order chi connectivity index (χ0) is 25.1. The largest absolute Gasteiger partial charge is 0.435 e. The molecule has 182 valence electrons. The molecule has 4 aromatic rings. The molecule has 4 nitrogen and oxygen atoms in total. The Bertz CT molecular complexity index is 1310. The van der Waals surface area contributed by atoms with E-state index in [1.54, 1.807) is 0 Å². The van der Waals surface area contributed by atoms with Crippen LogP contribution in [-0.4, -0.2) is 23.0 Å². The molecule has 0 saturated carbocycles. The number of alkyl halides is 4. The van der Waals surface area contributed by atoms with Crippen LogP contribution in [0.5, 0.6) is 11.5 Å². The van der Waals surface area contributed by atoms with Crippen molar-refractivity contribution in [1.82, 2.24) is 9.78 Å². The van der Waals surface area contributed by atoms with Gasteiger partial charge in [0.25, 0.3) is 0 Å². The van der Waals surface area contributed by atoms with Gasteiger partial charge in [-0.2, -0.15) is 22.7 Å². The molecule has 0 fully saturated rings. The Balaban J connectivity index is 1.77. The monoisotopic (exact) mass is 528 g/mol. The zero-order valence-electron chi connectivity index (χ0n) is 17.6. The first-order valence-electron chi connectivity index (χ1n) is 10.0. The van der Waals surface area contributed by atoms with Crippen LogP contribution in [0.25, 0.3) is 22.5 Å². The molecule has 0 aliphatic carbocycles. The number of aromatic nitrogens is 2. The van der Waals surface area contributed by atoms with Gasteiger partial charge in [-0.05, 0) is 66.2 Å². The molecule has 0 bridgehead atoms. The van der Waals surface area contributed by atoms with Crippen LogP contribution in [0.3, 0.4) is 0 Å². The summed E-state index contributed by atoms with van der Waals surface area (Å²) in [7, 11) is 0. The van der Waals surface area contributed by atoms with Crippen molar-refractivity contribution >= 4 is 23.2 Å². The van der Waals surface area contributed by atoms with Crippen molar-refractivity contribution in [1.29, 1.82) is 0 Å². The van der Waals surface area contributed by atoms with Gasteiger partial charge in [-0.25, -0.2) is 4.39 Å². The average Bonchev–Trinajstić information content (AvgIpc) is 3.12. The van der Waals surface area contributed by atoms with Crippen LogP contribution in [0.1, 0.15) is 5.56 Å². The van der Waals surface area contributed by atoms with Gasteiger partial charge >= 0.3 is 13.2 Å². The van der Waals surface area contributed by atoms with Gasteiger partial charge in [0.1, 0.15) is 23.0 Å². The van der Waals surface area contributed by atoms with Crippen LogP contribution in [0.2, 0.25) is 10.0 Å². The zero-order valence-corrected chi connectivity index (χ0v) is 19.1. The SMILES string of the molecule is Fc1ccc(Cn2nc(-c3ccc(OC(F)F)cc3)c(Cl)c2-c2ccc(OC(F)F)cc2)c(Cl)c1. The molecule has 35 heavy (non-hydrogen) atoms. The van der Waals surface area contributed by atoms with E-state index in [1.807, 2.05) is 0 Å². The van der Waals surface area contributed by atoms with E-state index < -0.39 is 19.0 Å². The van der Waals surface area contributed by atoms with Crippen molar-refractivity contribution in [2.45, 2.75) is 19.8 Å². The Hall–Kier alpha value is -3.30. The highest BCUT2D eigenvalue weighted by Gasteiger charge is 2.21. The molecule has 0 N–H and O–H groups in total. The lowest BCUT2D eigenvalue weighted by Gasteiger charge is -2.11. The van der Waals surface area contributed by atoms with Crippen molar-refractivity contribution in [2.24, 2.45) is 0 Å². The molecule has 3 aromatic carbocycles. The van der Waals surface area contributed by atoms with E-state index in [4.69, 9.17) is 23.2 Å². The van der Waals surface area contributed by atoms with Crippen molar-refractivity contribution < 1.29 is 31.4 Å². The summed E-state index contributed by atoms with van der Waals surface area (Å²) < 4.78 is 73.8. The first-order chi connectivity index (χ1) is 16.7. The molecule has 1 aromatic heterocycles. The summed E-state index contributed by atoms with van der Waals surface area (Å²) in [5.41, 5.74) is 2.36. The van der Waals surface area contributed by atoms with Crippen LogP contribution in [-0.2, 0) is 6.54 Å². The van der Waals surface area contributed by atoms with Crippen molar-refractivity contribution in [2.75, 3.05) is 0 Å². The van der Waals surface area contributed by atoms with Gasteiger partial charge < -0.3 is 9.47 Å². The Morgan fingerprint density at radius 3 is 1.83 bits per heavy atom. The molecule has 4 rings (SSSR count). The van der Waals surface area contributed by atoms with E-state index >= 15 is 0 Å². The lowest BCUT2D eigenvalue weighted by Crippen LogP contribution is -2.05. The predicted octanol–water partition coefficient (Wildman–Crippen LogP) is 7.91. The first kappa shape index (κ1) is 24.8. The summed E-state index contributed by atoms with van der Waals surface area (Å²) in [4.78, 5) is 0. The fourth-order valence-electron chi connectivity index (χ4n) is 3.41. The van der Waals surface area contributed by atoms with Gasteiger partial charge in [0.15, 0.2) is 0 Å². The molecule has 0 aliphatic rings. The van der Waals surface area contributed by atoms with Crippen LogP contribution in [0, 0.1) is 5.82 Å². The van der Waals surface area contributed by atoms with Gasteiger partial charge in [-0.15, -0.1) is 0 Å². The van der Waals surface area contributed by atoms with Crippen LogP contribution in [0.4, 0.5) is 22.0 Å². The summed E-state index contributed by atoms with van der Waals surface area (Å²) >= 11 is 12.9. The Labute approximate surface area is 206 Å². The average molecular weight is 529 g/mol. The number of hydrogen-bond donors (Lipinski definition) is 0. The normalized spacial score (nSPS) is 11.3. The van der Waals surface area contributed by atoms with E-state index in [1.165, 1.54) is 71.4 Å². The molecule has 1 heterocycles. The number of ether oxygens (including phenoxy) is 2. The molecule has 0 amide bonds. The number of nitrogens with zero attached hydrogens (tertiary/aromatic N) is 2. The Morgan fingerprint density at radius 2 is 1.31 bits per heavy atom. The van der Waals surface area contributed by atoms with Gasteiger partial charge in [-0.1, -0.05) is 29.3 Å². The molecule has 0 unspecified atom stereocenters. The van der Waals surface area contributed by atoms with Crippen molar-refractivity contribution in [3.05, 3.63) is 88.2 Å². The molecule has 11 heteroatoms. The van der Waals surface area contributed by atoms with E-state index in [9.17, 15) is 22.0 Å². The number of halogens is 7. The van der Waals surface area contributed by atoms with Gasteiger partial charge in [0.05, 0.1) is 17.3 Å². The van der Waals surface area contributed by atoms with E-state index in [0.717, 1.165) is 0 Å². The number of rotatable bonds is 8. The maximum Gasteiger partial charge on any atom is 0.387 e. The van der Waals surface area contributed by atoms with E-state index in [-0.39, 0.29) is 28.1 Å². The second-order valence-corrected chi connectivity index (χ2v) is 8.00. The van der Waals surface area contributed by atoms with Crippen LogP contribution in [0.15, 0.2) is 66.7 Å². The lowest BCUT2D eigenvalue weighted by atomic mass is 10.1. The lowest BCUT2D eigenvalue weighted by molar-refractivity contribution is -0.0505. The van der Waals surface area contributed by atoms with Gasteiger partial charge in [-0.3, -0.25) is 4.68 Å². The molecular weight excluding hydrogens is 514 g/mol. The number of hydrogen-bond acceptors (Lipinski definition) is 3. The summed E-state index contributed by atoms with van der Waals surface area (Å²) in [6.07, 6.45) is 0. The second-order valence-electron chi connectivity index (χ2n) is 7.21. The number of benzene rings is 3. The van der Waals surface area contributed by atoms with Gasteiger partial charge in [0.2, 0.25) is 0 Å². The highest BCUT2D eigenvalue weighted by atomic mass is 35.5. The third-order valence-corrected chi connectivity index (χ3v) is 5.65. The fraction of sp³-hybridized carbons (Fsp3) is 0.125. The molecule has 0 aliphatic heterocycles. The predicted molar refractivity (Wildman–Crippen MR) is 122 cm³/mol. The summed E-state index contributed by atoms with van der Waals surface area (Å²) in [6, 6.07) is 15.5. The summed E-state index contributed by atoms with van der Waals surface area (Å²) in [6.45, 7) is -5.83.